The van der Waals surface area contributed by atoms with Gasteiger partial charge >= 0.3 is 5.97 Å². The lowest BCUT2D eigenvalue weighted by molar-refractivity contribution is -0.135. The van der Waals surface area contributed by atoms with Crippen molar-refractivity contribution in [3.05, 3.63) is 23.8 Å². The van der Waals surface area contributed by atoms with Crippen LogP contribution in [0, 0.1) is 0 Å². The van der Waals surface area contributed by atoms with Gasteiger partial charge in [-0.05, 0) is 30.4 Å². The molecule has 0 fully saturated rings. The van der Waals surface area contributed by atoms with E-state index >= 15 is 0 Å². The topological polar surface area (TPSA) is 29.5 Å². The number of rotatable bonds is 7. The van der Waals surface area contributed by atoms with Crippen molar-refractivity contribution in [3.8, 4) is 5.75 Å². The van der Waals surface area contributed by atoms with Crippen molar-refractivity contribution in [1.29, 1.82) is 0 Å². The normalized spacial score (nSPS) is 17.3. The molecule has 5 heteroatoms. The van der Waals surface area contributed by atoms with Crippen molar-refractivity contribution in [3.63, 3.8) is 0 Å². The molecule has 0 saturated heterocycles. The third-order valence-corrected chi connectivity index (χ3v) is 3.71. The van der Waals surface area contributed by atoms with Gasteiger partial charge in [-0.1, -0.05) is 13.0 Å². The number of hydrogen-bond donors (Lipinski definition) is 0. The second-order valence-electron chi connectivity index (χ2n) is 5.37. The Morgan fingerprint density at radius 3 is 2.52 bits per heavy atom. The molecule has 21 heavy (non-hydrogen) atoms. The quantitative estimate of drug-likeness (QED) is 0.568. The zero-order chi connectivity index (χ0) is 15.2. The van der Waals surface area contributed by atoms with Crippen LogP contribution in [-0.4, -0.2) is 32.4 Å². The van der Waals surface area contributed by atoms with Crippen molar-refractivity contribution in [2.24, 2.45) is 0 Å². The van der Waals surface area contributed by atoms with E-state index in [2.05, 4.69) is 0 Å². The zero-order valence-corrected chi connectivity index (χ0v) is 12.3. The first-order valence-corrected chi connectivity index (χ1v) is 7.37. The van der Waals surface area contributed by atoms with E-state index in [9.17, 15) is 13.6 Å². The largest absolute Gasteiger partial charge is 0.426 e. The van der Waals surface area contributed by atoms with E-state index in [-0.39, 0.29) is 11.9 Å². The molecule has 0 spiro atoms. The monoisotopic (exact) mass is 297 g/mol. The third kappa shape index (κ3) is 3.93. The molecule has 0 aliphatic carbocycles. The van der Waals surface area contributed by atoms with Crippen LogP contribution in [0.2, 0.25) is 0 Å². The van der Waals surface area contributed by atoms with Gasteiger partial charge in [0.05, 0.1) is 19.8 Å². The van der Waals surface area contributed by atoms with Crippen LogP contribution in [-0.2, 0) is 4.79 Å². The number of nitrogens with zero attached hydrogens (tertiary/aromatic N) is 1. The molecule has 1 aliphatic heterocycles. The Balaban J connectivity index is 2.20. The molecule has 0 aromatic heterocycles. The van der Waals surface area contributed by atoms with Crippen molar-refractivity contribution in [2.75, 3.05) is 31.3 Å². The SMILES string of the molecule is CC1CC(=O)Oc2cc(N(CCCF)CCCF)ccc21. The minimum absolute atomic E-state index is 0.139. The summed E-state index contributed by atoms with van der Waals surface area (Å²) >= 11 is 0. The molecule has 0 bridgehead atoms. The molecule has 1 aromatic rings. The fourth-order valence-electron chi connectivity index (χ4n) is 2.61. The Bertz CT molecular complexity index is 485. The molecular weight excluding hydrogens is 276 g/mol. The molecule has 1 aromatic carbocycles. The number of benzene rings is 1. The van der Waals surface area contributed by atoms with Gasteiger partial charge in [-0.3, -0.25) is 13.6 Å². The van der Waals surface area contributed by atoms with Crippen molar-refractivity contribution in [2.45, 2.75) is 32.1 Å². The summed E-state index contributed by atoms with van der Waals surface area (Å²) in [6.07, 6.45) is 1.19. The Hall–Kier alpha value is -1.65. The highest BCUT2D eigenvalue weighted by Crippen LogP contribution is 2.36. The second-order valence-corrected chi connectivity index (χ2v) is 5.37. The van der Waals surface area contributed by atoms with Gasteiger partial charge in [0, 0.05) is 24.8 Å². The standard InChI is InChI=1S/C16H21F2NO2/c1-12-10-16(20)21-15-11-13(4-5-14(12)15)19(8-2-6-17)9-3-7-18/h4-5,11-12H,2-3,6-10H2,1H3. The van der Waals surface area contributed by atoms with Gasteiger partial charge in [0.2, 0.25) is 0 Å². The average Bonchev–Trinajstić information content (AvgIpc) is 2.46. The fraction of sp³-hybridized carbons (Fsp3) is 0.562. The van der Waals surface area contributed by atoms with Crippen LogP contribution in [0.5, 0.6) is 5.75 Å². The van der Waals surface area contributed by atoms with Crippen LogP contribution in [0.25, 0.3) is 0 Å². The predicted molar refractivity (Wildman–Crippen MR) is 78.5 cm³/mol. The smallest absolute Gasteiger partial charge is 0.311 e. The molecule has 1 heterocycles. The summed E-state index contributed by atoms with van der Waals surface area (Å²) in [7, 11) is 0. The van der Waals surface area contributed by atoms with Crippen molar-refractivity contribution < 1.29 is 18.3 Å². The van der Waals surface area contributed by atoms with E-state index in [1.807, 2.05) is 24.0 Å². The van der Waals surface area contributed by atoms with Gasteiger partial charge in [0.15, 0.2) is 0 Å². The molecule has 1 aliphatic rings. The van der Waals surface area contributed by atoms with Gasteiger partial charge in [0.25, 0.3) is 0 Å². The highest BCUT2D eigenvalue weighted by Gasteiger charge is 2.24. The maximum atomic E-state index is 12.4. The highest BCUT2D eigenvalue weighted by atomic mass is 19.1. The first-order chi connectivity index (χ1) is 10.2. The molecule has 2 rings (SSSR count). The van der Waals surface area contributed by atoms with Crippen molar-refractivity contribution >= 4 is 11.7 Å². The molecule has 3 nitrogen and oxygen atoms in total. The molecule has 0 amide bonds. The lowest BCUT2D eigenvalue weighted by atomic mass is 9.94. The number of fused-ring (bicyclic) bond motifs is 1. The van der Waals surface area contributed by atoms with E-state index in [1.54, 1.807) is 6.07 Å². The molecule has 1 unspecified atom stereocenters. The Kier molecular flexibility index (Phi) is 5.53. The highest BCUT2D eigenvalue weighted by molar-refractivity contribution is 5.77. The van der Waals surface area contributed by atoms with E-state index in [4.69, 9.17) is 4.74 Å². The lowest BCUT2D eigenvalue weighted by Crippen LogP contribution is -2.27. The van der Waals surface area contributed by atoms with E-state index < -0.39 is 13.3 Å². The molecule has 1 atom stereocenters. The van der Waals surface area contributed by atoms with Crippen molar-refractivity contribution in [1.82, 2.24) is 0 Å². The van der Waals surface area contributed by atoms with Gasteiger partial charge in [-0.2, -0.15) is 0 Å². The fourth-order valence-corrected chi connectivity index (χ4v) is 2.61. The lowest BCUT2D eigenvalue weighted by Gasteiger charge is -2.27. The van der Waals surface area contributed by atoms with E-state index in [0.29, 0.717) is 38.1 Å². The minimum Gasteiger partial charge on any atom is -0.426 e. The van der Waals surface area contributed by atoms with Crippen LogP contribution >= 0.6 is 0 Å². The summed E-state index contributed by atoms with van der Waals surface area (Å²) in [6.45, 7) is 2.24. The number of carbonyl (C=O) groups is 1. The maximum absolute atomic E-state index is 12.4. The number of ether oxygens (including phenoxy) is 1. The Morgan fingerprint density at radius 2 is 1.90 bits per heavy atom. The Labute approximate surface area is 123 Å². The number of hydrogen-bond acceptors (Lipinski definition) is 3. The van der Waals surface area contributed by atoms with E-state index in [0.717, 1.165) is 11.3 Å². The number of alkyl halides is 2. The van der Waals surface area contributed by atoms with Crippen LogP contribution < -0.4 is 9.64 Å². The molecule has 0 radical (unpaired) electrons. The average molecular weight is 297 g/mol. The van der Waals surface area contributed by atoms with Gasteiger partial charge < -0.3 is 9.64 Å². The number of esters is 1. The van der Waals surface area contributed by atoms with E-state index in [1.165, 1.54) is 0 Å². The number of halogens is 2. The summed E-state index contributed by atoms with van der Waals surface area (Å²) in [5.74, 6) is 0.480. The second kappa shape index (κ2) is 7.38. The van der Waals surface area contributed by atoms with Crippen LogP contribution in [0.4, 0.5) is 14.5 Å². The van der Waals surface area contributed by atoms with Gasteiger partial charge in [0.1, 0.15) is 5.75 Å². The maximum Gasteiger partial charge on any atom is 0.311 e. The molecular formula is C16H21F2NO2. The molecule has 116 valence electrons. The minimum atomic E-state index is -0.400. The van der Waals surface area contributed by atoms with Gasteiger partial charge in [-0.25, -0.2) is 0 Å². The van der Waals surface area contributed by atoms with Gasteiger partial charge in [-0.15, -0.1) is 0 Å². The summed E-state index contributed by atoms with van der Waals surface area (Å²) in [5, 5.41) is 0. The number of anilines is 1. The zero-order valence-electron chi connectivity index (χ0n) is 12.3. The summed E-state index contributed by atoms with van der Waals surface area (Å²) in [4.78, 5) is 13.5. The Morgan fingerprint density at radius 1 is 1.24 bits per heavy atom. The van der Waals surface area contributed by atoms with Crippen LogP contribution in [0.3, 0.4) is 0 Å². The third-order valence-electron chi connectivity index (χ3n) is 3.71. The predicted octanol–water partition coefficient (Wildman–Crippen LogP) is 3.62. The van der Waals surface area contributed by atoms with Crippen LogP contribution in [0.15, 0.2) is 18.2 Å². The number of carbonyl (C=O) groups excluding carboxylic acids is 1. The molecule has 0 saturated carbocycles. The first-order valence-electron chi connectivity index (χ1n) is 7.37. The first kappa shape index (κ1) is 15.7. The molecule has 0 N–H and O–H groups in total. The summed E-state index contributed by atoms with van der Waals surface area (Å²) in [6, 6.07) is 5.68. The van der Waals surface area contributed by atoms with Crippen LogP contribution in [0.1, 0.15) is 37.7 Å². The summed E-state index contributed by atoms with van der Waals surface area (Å²) in [5.41, 5.74) is 1.85. The summed E-state index contributed by atoms with van der Waals surface area (Å²) < 4.78 is 30.1.